The predicted octanol–water partition coefficient (Wildman–Crippen LogP) is 2.16. The Bertz CT molecular complexity index is 485. The minimum Gasteiger partial charge on any atom is -0.382 e. The van der Waals surface area contributed by atoms with E-state index in [2.05, 4.69) is 5.32 Å². The molecule has 1 aromatic carbocycles. The molecule has 0 fully saturated rings. The Hall–Kier alpha value is -1.91. The Morgan fingerprint density at radius 3 is 2.82 bits per heavy atom. The van der Waals surface area contributed by atoms with E-state index in [-0.39, 0.29) is 23.4 Å². The van der Waals surface area contributed by atoms with E-state index >= 15 is 0 Å². The van der Waals surface area contributed by atoms with Crippen molar-refractivity contribution in [1.82, 2.24) is 0 Å². The van der Waals surface area contributed by atoms with Gasteiger partial charge in [0.25, 0.3) is 5.69 Å². The Balaban J connectivity index is 2.36. The Labute approximate surface area is 99.0 Å². The smallest absolute Gasteiger partial charge is 0.269 e. The highest BCUT2D eigenvalue weighted by Gasteiger charge is 2.28. The standard InChI is InChI=1S/C12H14N2O3/c1-7-11(8(2)15)6-9-5-10(14(16)17)3-4-12(9)13-7/h3-5,7,11,13H,6H2,1-2H3. The number of nitrogens with zero attached hydrogens (tertiary/aromatic N) is 1. The molecule has 0 bridgehead atoms. The van der Waals surface area contributed by atoms with E-state index in [1.54, 1.807) is 19.1 Å². The van der Waals surface area contributed by atoms with Gasteiger partial charge in [-0.05, 0) is 31.9 Å². The number of Topliss-reactive ketones (excluding diaryl/α,β-unsaturated/α-hetero) is 1. The summed E-state index contributed by atoms with van der Waals surface area (Å²) in [4.78, 5) is 21.7. The van der Waals surface area contributed by atoms with E-state index in [9.17, 15) is 14.9 Å². The van der Waals surface area contributed by atoms with Crippen molar-refractivity contribution in [1.29, 1.82) is 0 Å². The van der Waals surface area contributed by atoms with Crippen LogP contribution in [0.5, 0.6) is 0 Å². The summed E-state index contributed by atoms with van der Waals surface area (Å²) in [5.74, 6) is 0.00617. The Kier molecular flexibility index (Phi) is 2.83. The summed E-state index contributed by atoms with van der Waals surface area (Å²) in [6.07, 6.45) is 0.570. The minimum atomic E-state index is -0.416. The molecule has 1 heterocycles. The summed E-state index contributed by atoms with van der Waals surface area (Å²) in [7, 11) is 0. The maximum Gasteiger partial charge on any atom is 0.269 e. The zero-order chi connectivity index (χ0) is 12.6. The normalized spacial score (nSPS) is 22.5. The molecule has 2 atom stereocenters. The number of carbonyl (C=O) groups excluding carboxylic acids is 1. The number of benzene rings is 1. The minimum absolute atomic E-state index is 0.0708. The van der Waals surface area contributed by atoms with Crippen molar-refractivity contribution in [2.24, 2.45) is 5.92 Å². The van der Waals surface area contributed by atoms with Crippen molar-refractivity contribution < 1.29 is 9.72 Å². The van der Waals surface area contributed by atoms with Crippen molar-refractivity contribution in [2.75, 3.05) is 5.32 Å². The van der Waals surface area contributed by atoms with Gasteiger partial charge in [-0.3, -0.25) is 14.9 Å². The lowest BCUT2D eigenvalue weighted by molar-refractivity contribution is -0.384. The fraction of sp³-hybridized carbons (Fsp3) is 0.417. The van der Waals surface area contributed by atoms with Gasteiger partial charge in [0.15, 0.2) is 0 Å². The maximum atomic E-state index is 11.5. The summed E-state index contributed by atoms with van der Waals surface area (Å²) in [6.45, 7) is 3.52. The van der Waals surface area contributed by atoms with Crippen LogP contribution < -0.4 is 5.32 Å². The number of fused-ring (bicyclic) bond motifs is 1. The van der Waals surface area contributed by atoms with Crippen LogP contribution >= 0.6 is 0 Å². The van der Waals surface area contributed by atoms with Gasteiger partial charge in [0.05, 0.1) is 4.92 Å². The molecule has 1 aliphatic rings. The quantitative estimate of drug-likeness (QED) is 0.628. The Morgan fingerprint density at radius 1 is 1.53 bits per heavy atom. The van der Waals surface area contributed by atoms with Crippen molar-refractivity contribution in [3.8, 4) is 0 Å². The van der Waals surface area contributed by atoms with Crippen LogP contribution in [0.15, 0.2) is 18.2 Å². The van der Waals surface area contributed by atoms with Gasteiger partial charge >= 0.3 is 0 Å². The van der Waals surface area contributed by atoms with Crippen LogP contribution in [0.2, 0.25) is 0 Å². The van der Waals surface area contributed by atoms with Gasteiger partial charge in [0, 0.05) is 29.8 Å². The third kappa shape index (κ3) is 2.13. The van der Waals surface area contributed by atoms with Crippen LogP contribution in [-0.2, 0) is 11.2 Å². The number of hydrogen-bond acceptors (Lipinski definition) is 4. The van der Waals surface area contributed by atoms with Crippen LogP contribution in [0.25, 0.3) is 0 Å². The molecule has 0 saturated carbocycles. The molecule has 1 aromatic rings. The first-order chi connectivity index (χ1) is 7.99. The van der Waals surface area contributed by atoms with Crippen molar-refractivity contribution >= 4 is 17.2 Å². The third-order valence-corrected chi connectivity index (χ3v) is 3.25. The average molecular weight is 234 g/mol. The molecule has 1 aliphatic heterocycles. The molecule has 0 amide bonds. The number of nitro groups is 1. The first-order valence-electron chi connectivity index (χ1n) is 5.53. The van der Waals surface area contributed by atoms with E-state index in [1.807, 2.05) is 6.92 Å². The van der Waals surface area contributed by atoms with Crippen LogP contribution in [0.4, 0.5) is 11.4 Å². The van der Waals surface area contributed by atoms with Gasteiger partial charge in [-0.25, -0.2) is 0 Å². The summed E-state index contributed by atoms with van der Waals surface area (Å²) < 4.78 is 0. The van der Waals surface area contributed by atoms with E-state index in [4.69, 9.17) is 0 Å². The second kappa shape index (κ2) is 4.16. The molecule has 17 heavy (non-hydrogen) atoms. The molecule has 0 spiro atoms. The number of hydrogen-bond donors (Lipinski definition) is 1. The largest absolute Gasteiger partial charge is 0.382 e. The molecular weight excluding hydrogens is 220 g/mol. The van der Waals surface area contributed by atoms with Crippen LogP contribution in [0, 0.1) is 16.0 Å². The lowest BCUT2D eigenvalue weighted by atomic mass is 9.85. The number of nitrogens with one attached hydrogen (secondary N) is 1. The maximum absolute atomic E-state index is 11.5. The van der Waals surface area contributed by atoms with Crippen molar-refractivity contribution in [3.63, 3.8) is 0 Å². The number of non-ortho nitro benzene ring substituents is 1. The lowest BCUT2D eigenvalue weighted by Gasteiger charge is -2.30. The second-order valence-corrected chi connectivity index (χ2v) is 4.45. The number of ketones is 1. The summed E-state index contributed by atoms with van der Waals surface area (Å²) in [6, 6.07) is 4.80. The fourth-order valence-corrected chi connectivity index (χ4v) is 2.26. The molecule has 0 aliphatic carbocycles. The lowest BCUT2D eigenvalue weighted by Crippen LogP contribution is -2.36. The number of nitro benzene ring substituents is 1. The summed E-state index contributed by atoms with van der Waals surface area (Å²) >= 11 is 0. The molecule has 1 N–H and O–H groups in total. The average Bonchev–Trinajstić information content (AvgIpc) is 2.27. The zero-order valence-electron chi connectivity index (χ0n) is 9.77. The molecule has 0 aromatic heterocycles. The molecule has 0 radical (unpaired) electrons. The monoisotopic (exact) mass is 234 g/mol. The second-order valence-electron chi connectivity index (χ2n) is 4.45. The number of carbonyl (C=O) groups is 1. The van der Waals surface area contributed by atoms with Crippen LogP contribution in [-0.4, -0.2) is 16.7 Å². The first-order valence-corrected chi connectivity index (χ1v) is 5.53. The van der Waals surface area contributed by atoms with Gasteiger partial charge in [-0.1, -0.05) is 0 Å². The van der Waals surface area contributed by atoms with Gasteiger partial charge < -0.3 is 5.32 Å². The molecule has 2 unspecified atom stereocenters. The molecule has 5 heteroatoms. The highest BCUT2D eigenvalue weighted by Crippen LogP contribution is 2.31. The SMILES string of the molecule is CC(=O)C1Cc2cc([N+](=O)[O-])ccc2NC1C. The van der Waals surface area contributed by atoms with Crippen molar-refractivity contribution in [3.05, 3.63) is 33.9 Å². The van der Waals surface area contributed by atoms with Gasteiger partial charge in [0.2, 0.25) is 0 Å². The zero-order valence-corrected chi connectivity index (χ0v) is 9.77. The van der Waals surface area contributed by atoms with Crippen LogP contribution in [0.3, 0.4) is 0 Å². The van der Waals surface area contributed by atoms with E-state index in [0.717, 1.165) is 11.3 Å². The molecule has 5 nitrogen and oxygen atoms in total. The summed E-state index contributed by atoms with van der Waals surface area (Å²) in [5.41, 5.74) is 1.81. The molecule has 2 rings (SSSR count). The summed E-state index contributed by atoms with van der Waals surface area (Å²) in [5, 5.41) is 13.9. The van der Waals surface area contributed by atoms with Gasteiger partial charge in [-0.15, -0.1) is 0 Å². The number of anilines is 1. The van der Waals surface area contributed by atoms with E-state index in [0.29, 0.717) is 6.42 Å². The molecule has 0 saturated heterocycles. The van der Waals surface area contributed by atoms with E-state index < -0.39 is 4.92 Å². The number of rotatable bonds is 2. The first kappa shape index (κ1) is 11.6. The molecule has 90 valence electrons. The highest BCUT2D eigenvalue weighted by atomic mass is 16.6. The third-order valence-electron chi connectivity index (χ3n) is 3.25. The van der Waals surface area contributed by atoms with Gasteiger partial charge in [-0.2, -0.15) is 0 Å². The van der Waals surface area contributed by atoms with Gasteiger partial charge in [0.1, 0.15) is 5.78 Å². The van der Waals surface area contributed by atoms with Crippen LogP contribution in [0.1, 0.15) is 19.4 Å². The highest BCUT2D eigenvalue weighted by molar-refractivity contribution is 5.81. The van der Waals surface area contributed by atoms with Crippen molar-refractivity contribution in [2.45, 2.75) is 26.3 Å². The fourth-order valence-electron chi connectivity index (χ4n) is 2.26. The Morgan fingerprint density at radius 2 is 2.24 bits per heavy atom. The molecular formula is C12H14N2O3. The predicted molar refractivity (Wildman–Crippen MR) is 64.1 cm³/mol. The van der Waals surface area contributed by atoms with E-state index in [1.165, 1.54) is 6.07 Å². The topological polar surface area (TPSA) is 72.2 Å².